The van der Waals surface area contributed by atoms with Crippen LogP contribution >= 0.6 is 0 Å². The number of hydrogen-bond donors (Lipinski definition) is 0. The first-order valence-electron chi connectivity index (χ1n) is 7.77. The third-order valence-electron chi connectivity index (χ3n) is 4.01. The molecule has 128 valence electrons. The molecule has 2 aromatic carbocycles. The van der Waals surface area contributed by atoms with Gasteiger partial charge in [-0.2, -0.15) is 0 Å². The van der Waals surface area contributed by atoms with Crippen molar-refractivity contribution in [3.05, 3.63) is 77.3 Å². The van der Waals surface area contributed by atoms with Gasteiger partial charge in [-0.25, -0.2) is 9.78 Å². The number of nitrogens with zero attached hydrogens (tertiary/aromatic N) is 2. The lowest BCUT2D eigenvalue weighted by Gasteiger charge is -2.12. The molecule has 4 rings (SSSR count). The highest BCUT2D eigenvalue weighted by atomic mass is 16.7. The summed E-state index contributed by atoms with van der Waals surface area (Å²) < 4.78 is 5.29. The van der Waals surface area contributed by atoms with Crippen LogP contribution in [-0.2, 0) is 4.84 Å². The fourth-order valence-corrected chi connectivity index (χ4v) is 2.68. The monoisotopic (exact) mass is 348 g/mol. The lowest BCUT2D eigenvalue weighted by Crippen LogP contribution is -2.32. The minimum atomic E-state index is -0.955. The third kappa shape index (κ3) is 2.46. The fourth-order valence-electron chi connectivity index (χ4n) is 2.68. The summed E-state index contributed by atoms with van der Waals surface area (Å²) >= 11 is 0. The summed E-state index contributed by atoms with van der Waals surface area (Å²) in [6, 6.07) is 13.5. The predicted octanol–water partition coefficient (Wildman–Crippen LogP) is 3.02. The Kier molecular flexibility index (Phi) is 3.62. The van der Waals surface area contributed by atoms with Crippen LogP contribution in [0.5, 0.6) is 0 Å². The second kappa shape index (κ2) is 5.96. The lowest BCUT2D eigenvalue weighted by molar-refractivity contribution is -0.0587. The number of fused-ring (bicyclic) bond motifs is 1. The average Bonchev–Trinajstić information content (AvgIpc) is 3.23. The highest BCUT2D eigenvalue weighted by Crippen LogP contribution is 2.27. The molecule has 0 atom stereocenters. The highest BCUT2D eigenvalue weighted by Gasteiger charge is 2.39. The molecule has 1 aliphatic heterocycles. The van der Waals surface area contributed by atoms with Crippen molar-refractivity contribution >= 4 is 17.8 Å². The molecule has 2 amide bonds. The largest absolute Gasteiger partial charge is 0.443 e. The first kappa shape index (κ1) is 15.8. The van der Waals surface area contributed by atoms with Gasteiger partial charge in [0.05, 0.1) is 11.1 Å². The van der Waals surface area contributed by atoms with Crippen LogP contribution in [0.15, 0.2) is 59.3 Å². The molecule has 0 saturated carbocycles. The van der Waals surface area contributed by atoms with Crippen LogP contribution in [0.1, 0.15) is 36.8 Å². The molecule has 0 saturated heterocycles. The molecule has 0 unspecified atom stereocenters. The van der Waals surface area contributed by atoms with Gasteiger partial charge in [0.1, 0.15) is 0 Å². The summed E-state index contributed by atoms with van der Waals surface area (Å²) in [6.07, 6.45) is 1.11. The topological polar surface area (TPSA) is 89.7 Å². The van der Waals surface area contributed by atoms with Crippen molar-refractivity contribution in [1.82, 2.24) is 10.0 Å². The molecule has 1 aliphatic rings. The number of carbonyl (C=O) groups is 3. The van der Waals surface area contributed by atoms with Gasteiger partial charge >= 0.3 is 5.97 Å². The van der Waals surface area contributed by atoms with E-state index in [1.54, 1.807) is 24.3 Å². The zero-order chi connectivity index (χ0) is 18.3. The van der Waals surface area contributed by atoms with Gasteiger partial charge in [-0.3, -0.25) is 9.59 Å². The van der Waals surface area contributed by atoms with Gasteiger partial charge in [-0.1, -0.05) is 47.0 Å². The number of aryl methyl sites for hydroxylation is 1. The van der Waals surface area contributed by atoms with Crippen molar-refractivity contribution in [2.75, 3.05) is 0 Å². The normalized spacial score (nSPS) is 13.0. The molecule has 0 aliphatic carbocycles. The van der Waals surface area contributed by atoms with Crippen LogP contribution in [-0.4, -0.2) is 27.8 Å². The number of hydroxylamine groups is 2. The van der Waals surface area contributed by atoms with Crippen molar-refractivity contribution in [2.45, 2.75) is 6.92 Å². The first-order valence-corrected chi connectivity index (χ1v) is 7.77. The molecule has 0 N–H and O–H groups in total. The van der Waals surface area contributed by atoms with E-state index in [9.17, 15) is 14.4 Å². The quantitative estimate of drug-likeness (QED) is 0.676. The number of imide groups is 1. The van der Waals surface area contributed by atoms with Gasteiger partial charge in [-0.15, -0.1) is 0 Å². The van der Waals surface area contributed by atoms with E-state index in [0.717, 1.165) is 12.0 Å². The van der Waals surface area contributed by atoms with E-state index in [-0.39, 0.29) is 22.6 Å². The van der Waals surface area contributed by atoms with Crippen molar-refractivity contribution in [3.63, 3.8) is 0 Å². The van der Waals surface area contributed by atoms with E-state index in [1.165, 1.54) is 12.1 Å². The Hall–Kier alpha value is -3.74. The molecule has 2 heterocycles. The minimum Gasteiger partial charge on any atom is -0.443 e. The summed E-state index contributed by atoms with van der Waals surface area (Å²) in [5.41, 5.74) is 1.92. The Labute approximate surface area is 147 Å². The second-order valence-corrected chi connectivity index (χ2v) is 5.73. The number of benzene rings is 2. The number of oxazole rings is 1. The van der Waals surface area contributed by atoms with Gasteiger partial charge in [0, 0.05) is 5.56 Å². The molecule has 0 fully saturated rings. The standard InChI is InChI=1S/C19H12N2O5/c1-11-6-8-12(9-7-11)16-15(20-10-25-16)19(24)26-21-17(22)13-4-2-3-5-14(13)18(21)23/h2-10H,1H3. The van der Waals surface area contributed by atoms with E-state index in [1.807, 2.05) is 19.1 Å². The number of rotatable bonds is 3. The molecule has 1 aromatic heterocycles. The summed E-state index contributed by atoms with van der Waals surface area (Å²) in [5, 5.41) is 0.445. The molecule has 7 nitrogen and oxygen atoms in total. The predicted molar refractivity (Wildman–Crippen MR) is 89.0 cm³/mol. The Morgan fingerprint density at radius 1 is 1.00 bits per heavy atom. The number of hydrogen-bond acceptors (Lipinski definition) is 6. The maximum atomic E-state index is 12.5. The molecule has 7 heteroatoms. The zero-order valence-corrected chi connectivity index (χ0v) is 13.6. The zero-order valence-electron chi connectivity index (χ0n) is 13.6. The number of aromatic nitrogens is 1. The molecule has 26 heavy (non-hydrogen) atoms. The molecule has 3 aromatic rings. The van der Waals surface area contributed by atoms with Crippen molar-refractivity contribution in [3.8, 4) is 11.3 Å². The maximum Gasteiger partial charge on any atom is 0.386 e. The smallest absolute Gasteiger partial charge is 0.386 e. The molecule has 0 radical (unpaired) electrons. The van der Waals surface area contributed by atoms with Crippen LogP contribution < -0.4 is 0 Å². The van der Waals surface area contributed by atoms with E-state index >= 15 is 0 Å². The van der Waals surface area contributed by atoms with E-state index < -0.39 is 17.8 Å². The summed E-state index contributed by atoms with van der Waals surface area (Å²) in [5.74, 6) is -2.14. The molecular weight excluding hydrogens is 336 g/mol. The first-order chi connectivity index (χ1) is 12.6. The van der Waals surface area contributed by atoms with Crippen LogP contribution in [0.4, 0.5) is 0 Å². The SMILES string of the molecule is Cc1ccc(-c2ocnc2C(=O)ON2C(=O)c3ccccc3C2=O)cc1. The molecule has 0 bridgehead atoms. The van der Waals surface area contributed by atoms with E-state index in [2.05, 4.69) is 4.98 Å². The summed E-state index contributed by atoms with van der Waals surface area (Å²) in [6.45, 7) is 1.93. The van der Waals surface area contributed by atoms with E-state index in [4.69, 9.17) is 9.25 Å². The van der Waals surface area contributed by atoms with Crippen LogP contribution in [0.25, 0.3) is 11.3 Å². The van der Waals surface area contributed by atoms with Crippen molar-refractivity contribution in [1.29, 1.82) is 0 Å². The Balaban J connectivity index is 1.61. The number of carbonyl (C=O) groups excluding carboxylic acids is 3. The Morgan fingerprint density at radius 3 is 2.23 bits per heavy atom. The van der Waals surface area contributed by atoms with Gasteiger partial charge < -0.3 is 9.25 Å². The van der Waals surface area contributed by atoms with Gasteiger partial charge in [0.15, 0.2) is 17.8 Å². The van der Waals surface area contributed by atoms with E-state index in [0.29, 0.717) is 10.6 Å². The van der Waals surface area contributed by atoms with Crippen molar-refractivity contribution < 1.29 is 23.6 Å². The minimum absolute atomic E-state index is 0.120. The lowest BCUT2D eigenvalue weighted by atomic mass is 10.1. The third-order valence-corrected chi connectivity index (χ3v) is 4.01. The average molecular weight is 348 g/mol. The Morgan fingerprint density at radius 2 is 1.62 bits per heavy atom. The summed E-state index contributed by atoms with van der Waals surface area (Å²) in [4.78, 5) is 45.9. The van der Waals surface area contributed by atoms with Gasteiger partial charge in [0.2, 0.25) is 0 Å². The van der Waals surface area contributed by atoms with Crippen molar-refractivity contribution in [2.24, 2.45) is 0 Å². The summed E-state index contributed by atoms with van der Waals surface area (Å²) in [7, 11) is 0. The molecular formula is C19H12N2O5. The maximum absolute atomic E-state index is 12.5. The highest BCUT2D eigenvalue weighted by molar-refractivity contribution is 6.21. The Bertz CT molecular complexity index is 1000. The second-order valence-electron chi connectivity index (χ2n) is 5.73. The van der Waals surface area contributed by atoms with Crippen LogP contribution in [0.3, 0.4) is 0 Å². The van der Waals surface area contributed by atoms with Crippen LogP contribution in [0, 0.1) is 6.92 Å². The fraction of sp³-hybridized carbons (Fsp3) is 0.0526. The molecule has 0 spiro atoms. The van der Waals surface area contributed by atoms with Gasteiger partial charge in [-0.05, 0) is 19.1 Å². The van der Waals surface area contributed by atoms with Gasteiger partial charge in [0.25, 0.3) is 11.8 Å². The number of amides is 2. The van der Waals surface area contributed by atoms with Crippen LogP contribution in [0.2, 0.25) is 0 Å².